The van der Waals surface area contributed by atoms with Gasteiger partial charge in [0.15, 0.2) is 0 Å². The summed E-state index contributed by atoms with van der Waals surface area (Å²) in [5.74, 6) is 0.729. The third-order valence-electron chi connectivity index (χ3n) is 4.44. The van der Waals surface area contributed by atoms with Gasteiger partial charge >= 0.3 is 0 Å². The molecular weight excluding hydrogens is 325 g/mol. The van der Waals surface area contributed by atoms with Gasteiger partial charge in [-0.25, -0.2) is 4.39 Å². The van der Waals surface area contributed by atoms with Crippen LogP contribution in [0.5, 0.6) is 5.75 Å². The Morgan fingerprint density at radius 3 is 2.27 bits per heavy atom. The average Bonchev–Trinajstić information content (AvgIpc) is 2.67. The first kappa shape index (κ1) is 18.2. The molecule has 0 aromatic heterocycles. The lowest BCUT2D eigenvalue weighted by atomic mass is 10.1. The van der Waals surface area contributed by atoms with Gasteiger partial charge in [-0.1, -0.05) is 54.6 Å². The van der Waals surface area contributed by atoms with E-state index in [1.165, 1.54) is 22.8 Å². The molecule has 0 unspecified atom stereocenters. The van der Waals surface area contributed by atoms with E-state index in [0.717, 1.165) is 24.4 Å². The summed E-state index contributed by atoms with van der Waals surface area (Å²) < 4.78 is 19.4. The average molecular weight is 349 g/mol. The number of halogens is 1. The van der Waals surface area contributed by atoms with E-state index >= 15 is 0 Å². The molecule has 0 saturated carbocycles. The molecular formula is C23H24FNO. The minimum atomic E-state index is -0.135. The lowest BCUT2D eigenvalue weighted by molar-refractivity contribution is 0.305. The van der Waals surface area contributed by atoms with Gasteiger partial charge in [0.05, 0.1) is 0 Å². The highest BCUT2D eigenvalue weighted by atomic mass is 19.1. The van der Waals surface area contributed by atoms with Crippen molar-refractivity contribution in [3.63, 3.8) is 0 Å². The fraction of sp³-hybridized carbons (Fsp3) is 0.217. The van der Waals surface area contributed by atoms with E-state index in [1.54, 1.807) is 6.07 Å². The Bertz CT molecular complexity index is 830. The summed E-state index contributed by atoms with van der Waals surface area (Å²) in [7, 11) is 0. The molecule has 3 rings (SSSR count). The quantitative estimate of drug-likeness (QED) is 0.575. The van der Waals surface area contributed by atoms with Crippen LogP contribution >= 0.6 is 0 Å². The molecule has 3 aromatic rings. The molecule has 0 radical (unpaired) electrons. The van der Waals surface area contributed by atoms with Gasteiger partial charge in [-0.15, -0.1) is 0 Å². The van der Waals surface area contributed by atoms with Crippen LogP contribution in [0, 0.1) is 12.7 Å². The topological polar surface area (TPSA) is 21.3 Å². The fourth-order valence-corrected chi connectivity index (χ4v) is 2.79. The Balaban J connectivity index is 1.43. The molecule has 3 aromatic carbocycles. The van der Waals surface area contributed by atoms with Crippen molar-refractivity contribution in [1.82, 2.24) is 5.32 Å². The largest absolute Gasteiger partial charge is 0.489 e. The second kappa shape index (κ2) is 9.16. The predicted molar refractivity (Wildman–Crippen MR) is 104 cm³/mol. The van der Waals surface area contributed by atoms with Crippen LogP contribution < -0.4 is 10.1 Å². The van der Waals surface area contributed by atoms with Crippen LogP contribution in [0.25, 0.3) is 0 Å². The van der Waals surface area contributed by atoms with Gasteiger partial charge in [-0.05, 0) is 60.3 Å². The first-order chi connectivity index (χ1) is 12.7. The van der Waals surface area contributed by atoms with Crippen LogP contribution in [0.4, 0.5) is 4.39 Å². The second-order valence-corrected chi connectivity index (χ2v) is 6.38. The molecule has 1 N–H and O–H groups in total. The van der Waals surface area contributed by atoms with E-state index < -0.39 is 0 Å². The molecule has 0 fully saturated rings. The number of nitrogens with one attached hydrogen (secondary N) is 1. The normalized spacial score (nSPS) is 10.7. The standard InChI is InChI=1S/C23H24FNO/c1-18-6-2-3-8-21(18)17-26-22-12-10-19(11-13-22)16-25-15-14-20-7-4-5-9-23(20)24/h2-13,25H,14-17H2,1H3. The molecule has 0 saturated heterocycles. The van der Waals surface area contributed by atoms with Gasteiger partial charge in [-0.3, -0.25) is 0 Å². The van der Waals surface area contributed by atoms with Crippen molar-refractivity contribution >= 4 is 0 Å². The summed E-state index contributed by atoms with van der Waals surface area (Å²) in [4.78, 5) is 0. The van der Waals surface area contributed by atoms with Crippen LogP contribution in [0.3, 0.4) is 0 Å². The lowest BCUT2D eigenvalue weighted by Gasteiger charge is -2.10. The fourth-order valence-electron chi connectivity index (χ4n) is 2.79. The molecule has 0 amide bonds. The van der Waals surface area contributed by atoms with Crippen molar-refractivity contribution in [1.29, 1.82) is 0 Å². The molecule has 0 bridgehead atoms. The van der Waals surface area contributed by atoms with Crippen LogP contribution in [0.2, 0.25) is 0 Å². The first-order valence-corrected chi connectivity index (χ1v) is 8.93. The Labute approximate surface area is 154 Å². The number of aryl methyl sites for hydroxylation is 1. The van der Waals surface area contributed by atoms with Gasteiger partial charge in [0.2, 0.25) is 0 Å². The number of ether oxygens (including phenoxy) is 1. The van der Waals surface area contributed by atoms with Crippen molar-refractivity contribution in [3.8, 4) is 5.75 Å². The Morgan fingerprint density at radius 2 is 1.54 bits per heavy atom. The molecule has 0 spiro atoms. The Morgan fingerprint density at radius 1 is 0.846 bits per heavy atom. The van der Waals surface area contributed by atoms with Crippen molar-refractivity contribution in [2.24, 2.45) is 0 Å². The second-order valence-electron chi connectivity index (χ2n) is 6.38. The minimum absolute atomic E-state index is 0.135. The van der Waals surface area contributed by atoms with E-state index in [2.05, 4.69) is 36.5 Å². The zero-order chi connectivity index (χ0) is 18.2. The van der Waals surface area contributed by atoms with Crippen LogP contribution in [-0.2, 0) is 19.6 Å². The molecule has 0 heterocycles. The lowest BCUT2D eigenvalue weighted by Crippen LogP contribution is -2.17. The highest BCUT2D eigenvalue weighted by Gasteiger charge is 2.01. The summed E-state index contributed by atoms with van der Waals surface area (Å²) in [5.41, 5.74) is 4.37. The zero-order valence-corrected chi connectivity index (χ0v) is 15.0. The van der Waals surface area contributed by atoms with Crippen LogP contribution in [-0.4, -0.2) is 6.54 Å². The third-order valence-corrected chi connectivity index (χ3v) is 4.44. The Hall–Kier alpha value is -2.65. The maximum Gasteiger partial charge on any atom is 0.126 e. The number of benzene rings is 3. The maximum absolute atomic E-state index is 13.6. The van der Waals surface area contributed by atoms with Crippen LogP contribution in [0.15, 0.2) is 72.8 Å². The highest BCUT2D eigenvalue weighted by Crippen LogP contribution is 2.16. The van der Waals surface area contributed by atoms with Gasteiger partial charge in [0, 0.05) is 6.54 Å². The van der Waals surface area contributed by atoms with Crippen molar-refractivity contribution in [3.05, 3.63) is 101 Å². The smallest absolute Gasteiger partial charge is 0.126 e. The van der Waals surface area contributed by atoms with Crippen LogP contribution in [0.1, 0.15) is 22.3 Å². The van der Waals surface area contributed by atoms with Crippen molar-refractivity contribution in [2.45, 2.75) is 26.5 Å². The molecule has 0 aliphatic heterocycles. The van der Waals surface area contributed by atoms with Gasteiger partial charge in [0.25, 0.3) is 0 Å². The van der Waals surface area contributed by atoms with E-state index in [0.29, 0.717) is 13.0 Å². The molecule has 2 nitrogen and oxygen atoms in total. The summed E-state index contributed by atoms with van der Waals surface area (Å²) in [6.07, 6.45) is 0.685. The number of hydrogen-bond donors (Lipinski definition) is 1. The number of rotatable bonds is 8. The molecule has 0 aliphatic carbocycles. The van der Waals surface area contributed by atoms with Gasteiger partial charge < -0.3 is 10.1 Å². The summed E-state index contributed by atoms with van der Waals surface area (Å²) in [6, 6.07) is 23.3. The summed E-state index contributed by atoms with van der Waals surface area (Å²) >= 11 is 0. The maximum atomic E-state index is 13.6. The molecule has 0 atom stereocenters. The Kier molecular flexibility index (Phi) is 6.39. The third kappa shape index (κ3) is 5.17. The minimum Gasteiger partial charge on any atom is -0.489 e. The molecule has 3 heteroatoms. The SMILES string of the molecule is Cc1ccccc1COc1ccc(CNCCc2ccccc2F)cc1. The summed E-state index contributed by atoms with van der Waals surface area (Å²) in [6.45, 7) is 4.17. The monoisotopic (exact) mass is 349 g/mol. The first-order valence-electron chi connectivity index (χ1n) is 8.93. The summed E-state index contributed by atoms with van der Waals surface area (Å²) in [5, 5.41) is 3.35. The molecule has 26 heavy (non-hydrogen) atoms. The van der Waals surface area contributed by atoms with E-state index in [9.17, 15) is 4.39 Å². The van der Waals surface area contributed by atoms with E-state index in [-0.39, 0.29) is 5.82 Å². The zero-order valence-electron chi connectivity index (χ0n) is 15.0. The van der Waals surface area contributed by atoms with E-state index in [1.807, 2.05) is 36.4 Å². The van der Waals surface area contributed by atoms with Gasteiger partial charge in [0.1, 0.15) is 18.2 Å². The predicted octanol–water partition coefficient (Wildman–Crippen LogP) is 5.05. The van der Waals surface area contributed by atoms with Gasteiger partial charge in [-0.2, -0.15) is 0 Å². The van der Waals surface area contributed by atoms with Crippen molar-refractivity contribution in [2.75, 3.05) is 6.54 Å². The van der Waals surface area contributed by atoms with Crippen molar-refractivity contribution < 1.29 is 9.13 Å². The van der Waals surface area contributed by atoms with E-state index in [4.69, 9.17) is 4.74 Å². The number of hydrogen-bond acceptors (Lipinski definition) is 2. The molecule has 134 valence electrons. The molecule has 0 aliphatic rings. The highest BCUT2D eigenvalue weighted by molar-refractivity contribution is 5.29.